The fraction of sp³-hybridized carbons (Fsp3) is 0.429. The number of carbonyl (C=O) groups is 1. The Bertz CT molecular complexity index is 346. The fourth-order valence-electron chi connectivity index (χ4n) is 0.870. The highest BCUT2D eigenvalue weighted by atomic mass is 16.8. The van der Waals surface area contributed by atoms with Crippen LogP contribution >= 0.6 is 0 Å². The van der Waals surface area contributed by atoms with Crippen LogP contribution in [0.4, 0.5) is 5.69 Å². The minimum absolute atomic E-state index is 0.00838. The van der Waals surface area contributed by atoms with E-state index in [4.69, 9.17) is 4.74 Å². The van der Waals surface area contributed by atoms with E-state index in [1.54, 1.807) is 6.92 Å². The van der Waals surface area contributed by atoms with Gasteiger partial charge in [-0.3, -0.25) is 5.10 Å². The Kier molecular flexibility index (Phi) is 3.16. The van der Waals surface area contributed by atoms with Crippen molar-refractivity contribution in [3.05, 3.63) is 16.8 Å². The molecule has 1 rings (SSSR count). The molecule has 7 nitrogen and oxygen atoms in total. The molecule has 1 N–H and O–H groups in total. The van der Waals surface area contributed by atoms with Crippen LogP contribution in [0.3, 0.4) is 0 Å². The molecule has 0 amide bonds. The van der Waals surface area contributed by atoms with Crippen molar-refractivity contribution in [2.75, 3.05) is 13.7 Å². The van der Waals surface area contributed by atoms with Gasteiger partial charge in [0.15, 0.2) is 7.11 Å². The Morgan fingerprint density at radius 2 is 2.43 bits per heavy atom. The highest BCUT2D eigenvalue weighted by Crippen LogP contribution is 2.15. The summed E-state index contributed by atoms with van der Waals surface area (Å²) in [4.78, 5) is 26.8. The van der Waals surface area contributed by atoms with Crippen LogP contribution in [0.1, 0.15) is 17.4 Å². The summed E-state index contributed by atoms with van der Waals surface area (Å²) >= 11 is 0. The largest absolute Gasteiger partial charge is 0.461 e. The summed E-state index contributed by atoms with van der Waals surface area (Å²) in [6.07, 6.45) is 1.18. The zero-order valence-corrected chi connectivity index (χ0v) is 7.81. The first-order valence-electron chi connectivity index (χ1n) is 3.92. The number of aromatic amines is 1. The second kappa shape index (κ2) is 4.35. The van der Waals surface area contributed by atoms with Crippen LogP contribution in [0, 0.1) is 4.91 Å². The number of carbonyl (C=O) groups excluding carboxylic acids is 1. The molecule has 14 heavy (non-hydrogen) atoms. The van der Waals surface area contributed by atoms with E-state index in [0.717, 1.165) is 0 Å². The van der Waals surface area contributed by atoms with Gasteiger partial charge in [0.2, 0.25) is 5.69 Å². The number of nitrogens with one attached hydrogen (secondary N) is 1. The van der Waals surface area contributed by atoms with Crippen LogP contribution in [0.5, 0.6) is 0 Å². The molecule has 0 bridgehead atoms. The summed E-state index contributed by atoms with van der Waals surface area (Å²) in [6.45, 7) is 1.89. The minimum atomic E-state index is -0.641. The van der Waals surface area contributed by atoms with Gasteiger partial charge in [-0.2, -0.15) is 5.10 Å². The second-order valence-corrected chi connectivity index (χ2v) is 2.29. The van der Waals surface area contributed by atoms with E-state index in [1.807, 2.05) is 0 Å². The van der Waals surface area contributed by atoms with Crippen molar-refractivity contribution in [3.8, 4) is 0 Å². The lowest BCUT2D eigenvalue weighted by atomic mass is 10.4. The molecule has 76 valence electrons. The van der Waals surface area contributed by atoms with Crippen molar-refractivity contribution in [1.29, 1.82) is 0 Å². The zero-order chi connectivity index (χ0) is 10.6. The normalized spacial score (nSPS) is 9.57. The van der Waals surface area contributed by atoms with E-state index in [-0.39, 0.29) is 22.9 Å². The van der Waals surface area contributed by atoms with Crippen molar-refractivity contribution < 1.29 is 19.3 Å². The monoisotopic (exact) mass is 200 g/mol. The van der Waals surface area contributed by atoms with Crippen LogP contribution < -0.4 is 0 Å². The van der Waals surface area contributed by atoms with Crippen molar-refractivity contribution in [1.82, 2.24) is 10.2 Å². The van der Waals surface area contributed by atoms with Gasteiger partial charge in [0.1, 0.15) is 6.20 Å². The number of rotatable bonds is 4. The maximum absolute atomic E-state index is 11.2. The predicted octanol–water partition coefficient (Wildman–Crippen LogP) is 0.558. The molecule has 1 aromatic heterocycles. The molecule has 7 heteroatoms. The third-order valence-electron chi connectivity index (χ3n) is 1.46. The van der Waals surface area contributed by atoms with Gasteiger partial charge in [-0.15, -0.1) is 0 Å². The molecular weight excluding hydrogens is 190 g/mol. The van der Waals surface area contributed by atoms with E-state index in [0.29, 0.717) is 0 Å². The number of ether oxygens (including phenoxy) is 1. The number of hydrogen-bond acceptors (Lipinski definition) is 5. The number of hydrogen-bond donors (Lipinski definition) is 1. The first kappa shape index (κ1) is 10.2. The zero-order valence-electron chi connectivity index (χ0n) is 7.81. The van der Waals surface area contributed by atoms with Gasteiger partial charge in [0.05, 0.1) is 11.5 Å². The van der Waals surface area contributed by atoms with E-state index in [9.17, 15) is 9.70 Å². The van der Waals surface area contributed by atoms with E-state index in [1.165, 1.54) is 13.3 Å². The average molecular weight is 200 g/mol. The third kappa shape index (κ3) is 1.87. The topological polar surface area (TPSA) is 84.3 Å². The first-order chi connectivity index (χ1) is 6.70. The van der Waals surface area contributed by atoms with Crippen LogP contribution in [-0.4, -0.2) is 34.8 Å². The molecule has 0 spiro atoms. The lowest BCUT2D eigenvalue weighted by Gasteiger charge is -1.96. The van der Waals surface area contributed by atoms with Gasteiger partial charge in [-0.1, -0.05) is 0 Å². The Hall–Kier alpha value is -1.92. The minimum Gasteiger partial charge on any atom is -0.461 e. The first-order valence-corrected chi connectivity index (χ1v) is 3.92. The molecule has 1 aromatic rings. The predicted molar refractivity (Wildman–Crippen MR) is 44.8 cm³/mol. The van der Waals surface area contributed by atoms with Gasteiger partial charge >= 0.3 is 11.7 Å². The molecule has 0 unspecified atom stereocenters. The van der Waals surface area contributed by atoms with Crippen molar-refractivity contribution >= 4 is 11.7 Å². The van der Waals surface area contributed by atoms with Crippen molar-refractivity contribution in [2.45, 2.75) is 6.92 Å². The second-order valence-electron chi connectivity index (χ2n) is 2.29. The van der Waals surface area contributed by atoms with Crippen molar-refractivity contribution in [3.63, 3.8) is 0 Å². The number of esters is 1. The molecule has 1 heterocycles. The quantitative estimate of drug-likeness (QED) is 0.567. The Morgan fingerprint density at radius 3 is 3.00 bits per heavy atom. The Labute approximate surface area is 79.5 Å². The highest BCUT2D eigenvalue weighted by Gasteiger charge is 2.28. The van der Waals surface area contributed by atoms with Crippen LogP contribution in [0.15, 0.2) is 6.20 Å². The summed E-state index contributed by atoms with van der Waals surface area (Å²) in [5, 5.41) is 5.91. The van der Waals surface area contributed by atoms with Gasteiger partial charge in [0, 0.05) is 0 Å². The molecular formula is C7H10N3O4+. The van der Waals surface area contributed by atoms with E-state index >= 15 is 0 Å². The van der Waals surface area contributed by atoms with Crippen LogP contribution in [0.25, 0.3) is 0 Å². The smallest absolute Gasteiger partial charge is 0.368 e. The van der Waals surface area contributed by atoms with Crippen molar-refractivity contribution in [2.24, 2.45) is 0 Å². The molecule has 0 saturated carbocycles. The van der Waals surface area contributed by atoms with Gasteiger partial charge in [-0.05, 0) is 6.92 Å². The summed E-state index contributed by atoms with van der Waals surface area (Å²) in [5.74, 6) is -0.641. The molecule has 0 aromatic carbocycles. The third-order valence-corrected chi connectivity index (χ3v) is 1.46. The molecule has 0 saturated heterocycles. The molecule has 0 radical (unpaired) electrons. The lowest BCUT2D eigenvalue weighted by molar-refractivity contribution is -0.736. The maximum Gasteiger partial charge on any atom is 0.368 e. The van der Waals surface area contributed by atoms with E-state index in [2.05, 4.69) is 15.0 Å². The summed E-state index contributed by atoms with van der Waals surface area (Å²) in [7, 11) is 1.19. The maximum atomic E-state index is 11.2. The fourth-order valence-corrected chi connectivity index (χ4v) is 0.870. The number of aromatic nitrogens is 2. The Balaban J connectivity index is 2.92. The van der Waals surface area contributed by atoms with Crippen LogP contribution in [-0.2, 0) is 9.57 Å². The Morgan fingerprint density at radius 1 is 1.71 bits per heavy atom. The summed E-state index contributed by atoms with van der Waals surface area (Å²) in [5.41, 5.74) is -0.0327. The van der Waals surface area contributed by atoms with Gasteiger partial charge < -0.3 is 4.74 Å². The number of nitrogens with zero attached hydrogens (tertiary/aromatic N) is 2. The molecule has 0 aliphatic carbocycles. The number of H-pyrrole nitrogens is 1. The lowest BCUT2D eigenvalue weighted by Crippen LogP contribution is -2.09. The summed E-state index contributed by atoms with van der Waals surface area (Å²) < 4.78 is 4.69. The van der Waals surface area contributed by atoms with E-state index < -0.39 is 5.97 Å². The molecule has 0 aliphatic heterocycles. The molecule has 0 aliphatic rings. The summed E-state index contributed by atoms with van der Waals surface area (Å²) in [6, 6.07) is 0. The molecule has 0 atom stereocenters. The molecule has 0 fully saturated rings. The van der Waals surface area contributed by atoms with Gasteiger partial charge in [-0.25, -0.2) is 9.63 Å². The standard InChI is InChI=1S/C7H9N3O4/c1-3-14-7(11)6-5(4-8-9-6)10(12)13-2/h4H,3H2,1-2H3/p+1. The average Bonchev–Trinajstić information content (AvgIpc) is 2.65. The highest BCUT2D eigenvalue weighted by molar-refractivity contribution is 5.91. The SMILES string of the molecule is CCOC(=O)c1[nH]ncc1[N+](=O)OC. The van der Waals surface area contributed by atoms with Crippen LogP contribution in [0.2, 0.25) is 0 Å². The van der Waals surface area contributed by atoms with Gasteiger partial charge in [0.25, 0.3) is 4.92 Å².